The summed E-state index contributed by atoms with van der Waals surface area (Å²) in [6.07, 6.45) is 0.356. The largest absolute Gasteiger partial charge is 0.274 e. The highest BCUT2D eigenvalue weighted by Gasteiger charge is 2.31. The zero-order valence-corrected chi connectivity index (χ0v) is 6.74. The van der Waals surface area contributed by atoms with E-state index in [1.165, 1.54) is 0 Å². The van der Waals surface area contributed by atoms with Gasteiger partial charge in [0.05, 0.1) is 0 Å². The van der Waals surface area contributed by atoms with Crippen molar-refractivity contribution >= 4 is 0 Å². The first-order valence-corrected chi connectivity index (χ1v) is 3.63. The highest BCUT2D eigenvalue weighted by Crippen LogP contribution is 2.25. The van der Waals surface area contributed by atoms with Gasteiger partial charge in [-0.3, -0.25) is 0 Å². The maximum atomic E-state index is 12.5. The minimum Gasteiger partial charge on any atom is -0.204 e. The first-order chi connectivity index (χ1) is 5.02. The first kappa shape index (κ1) is 10.8. The third-order valence-electron chi connectivity index (χ3n) is 1.61. The van der Waals surface area contributed by atoms with E-state index in [0.29, 0.717) is 6.42 Å². The molecule has 0 aliphatic carbocycles. The SMILES string of the molecule is CC[C@@H](C)CC(F)(F)COF. The van der Waals surface area contributed by atoms with Crippen LogP contribution >= 0.6 is 0 Å². The molecule has 0 heterocycles. The average molecular weight is 170 g/mol. The van der Waals surface area contributed by atoms with E-state index < -0.39 is 12.5 Å². The van der Waals surface area contributed by atoms with Gasteiger partial charge in [0, 0.05) is 6.42 Å². The Labute approximate surface area is 64.4 Å². The lowest BCUT2D eigenvalue weighted by Gasteiger charge is -2.17. The van der Waals surface area contributed by atoms with E-state index in [1.807, 2.05) is 6.92 Å². The molecule has 11 heavy (non-hydrogen) atoms. The molecule has 0 saturated heterocycles. The molecule has 0 spiro atoms. The summed E-state index contributed by atoms with van der Waals surface area (Å²) < 4.78 is 36.1. The zero-order chi connectivity index (χ0) is 8.91. The van der Waals surface area contributed by atoms with Crippen LogP contribution in [0.2, 0.25) is 0 Å². The van der Waals surface area contributed by atoms with Crippen LogP contribution in [-0.2, 0) is 4.94 Å². The summed E-state index contributed by atoms with van der Waals surface area (Å²) in [6.45, 7) is 2.39. The molecule has 1 nitrogen and oxygen atoms in total. The highest BCUT2D eigenvalue weighted by molar-refractivity contribution is 4.67. The van der Waals surface area contributed by atoms with Gasteiger partial charge in [0.25, 0.3) is 5.92 Å². The number of halogens is 3. The van der Waals surface area contributed by atoms with Crippen LogP contribution in [0.4, 0.5) is 13.3 Å². The fourth-order valence-electron chi connectivity index (χ4n) is 0.793. The van der Waals surface area contributed by atoms with Gasteiger partial charge in [-0.15, -0.1) is 0 Å². The second-order valence-corrected chi connectivity index (χ2v) is 2.83. The highest BCUT2D eigenvalue weighted by atomic mass is 19.3. The van der Waals surface area contributed by atoms with E-state index in [0.717, 1.165) is 0 Å². The smallest absolute Gasteiger partial charge is 0.204 e. The maximum Gasteiger partial charge on any atom is 0.274 e. The van der Waals surface area contributed by atoms with Crippen LogP contribution in [0.5, 0.6) is 0 Å². The molecule has 0 aliphatic rings. The summed E-state index contributed by atoms with van der Waals surface area (Å²) in [4.78, 5) is 2.90. The molecule has 0 N–H and O–H groups in total. The third-order valence-corrected chi connectivity index (χ3v) is 1.61. The molecule has 0 rings (SSSR count). The van der Waals surface area contributed by atoms with Crippen LogP contribution in [0.25, 0.3) is 0 Å². The third kappa shape index (κ3) is 5.07. The Morgan fingerprint density at radius 2 is 2.00 bits per heavy atom. The molecule has 0 bridgehead atoms. The zero-order valence-electron chi connectivity index (χ0n) is 6.74. The van der Waals surface area contributed by atoms with Crippen LogP contribution in [0.3, 0.4) is 0 Å². The first-order valence-electron chi connectivity index (χ1n) is 3.63. The van der Waals surface area contributed by atoms with Crippen molar-refractivity contribution in [2.75, 3.05) is 6.61 Å². The van der Waals surface area contributed by atoms with E-state index in [2.05, 4.69) is 4.94 Å². The Hall–Kier alpha value is -0.250. The monoisotopic (exact) mass is 170 g/mol. The fourth-order valence-corrected chi connectivity index (χ4v) is 0.793. The molecule has 0 amide bonds. The predicted molar refractivity (Wildman–Crippen MR) is 36.1 cm³/mol. The summed E-state index contributed by atoms with van der Waals surface area (Å²) in [5, 5.41) is 0. The summed E-state index contributed by atoms with van der Waals surface area (Å²) in [5.74, 6) is -3.12. The van der Waals surface area contributed by atoms with Gasteiger partial charge < -0.3 is 0 Å². The van der Waals surface area contributed by atoms with Crippen molar-refractivity contribution in [1.29, 1.82) is 0 Å². The molecule has 0 unspecified atom stereocenters. The van der Waals surface area contributed by atoms with Crippen LogP contribution < -0.4 is 0 Å². The van der Waals surface area contributed by atoms with Gasteiger partial charge >= 0.3 is 0 Å². The molecular formula is C7H13F3O. The van der Waals surface area contributed by atoms with Gasteiger partial charge in [-0.05, 0) is 10.4 Å². The molecule has 4 heteroatoms. The molecule has 0 aromatic heterocycles. The Morgan fingerprint density at radius 3 is 2.36 bits per heavy atom. The van der Waals surface area contributed by atoms with Gasteiger partial charge in [-0.2, -0.15) is 4.94 Å². The van der Waals surface area contributed by atoms with E-state index >= 15 is 0 Å². The van der Waals surface area contributed by atoms with Gasteiger partial charge in [0.1, 0.15) is 0 Å². The molecule has 0 aliphatic heterocycles. The molecule has 0 fully saturated rings. The van der Waals surface area contributed by atoms with Crippen molar-refractivity contribution in [3.8, 4) is 0 Å². The molecular weight excluding hydrogens is 157 g/mol. The summed E-state index contributed by atoms with van der Waals surface area (Å²) in [5.41, 5.74) is 0. The van der Waals surface area contributed by atoms with Crippen LogP contribution in [0, 0.1) is 5.92 Å². The van der Waals surface area contributed by atoms with E-state index in [1.54, 1.807) is 6.92 Å². The van der Waals surface area contributed by atoms with E-state index in [9.17, 15) is 13.3 Å². The van der Waals surface area contributed by atoms with Crippen LogP contribution in [-0.4, -0.2) is 12.5 Å². The fraction of sp³-hybridized carbons (Fsp3) is 1.00. The van der Waals surface area contributed by atoms with Crippen molar-refractivity contribution in [3.05, 3.63) is 0 Å². The van der Waals surface area contributed by atoms with E-state index in [4.69, 9.17) is 0 Å². The molecule has 68 valence electrons. The number of hydrogen-bond acceptors (Lipinski definition) is 1. The van der Waals surface area contributed by atoms with Gasteiger partial charge in [-0.25, -0.2) is 8.78 Å². The standard InChI is InChI=1S/C7H13F3O/c1-3-6(2)4-7(8,9)5-11-10/h6H,3-5H2,1-2H3/t6-/m1/s1. The number of hydrogen-bond donors (Lipinski definition) is 0. The topological polar surface area (TPSA) is 9.23 Å². The van der Waals surface area contributed by atoms with Crippen LogP contribution in [0.15, 0.2) is 0 Å². The predicted octanol–water partition coefficient (Wildman–Crippen LogP) is 2.96. The molecule has 1 atom stereocenters. The van der Waals surface area contributed by atoms with E-state index in [-0.39, 0.29) is 12.3 Å². The number of rotatable bonds is 5. The Bertz CT molecular complexity index is 106. The van der Waals surface area contributed by atoms with Gasteiger partial charge in [0.2, 0.25) is 0 Å². The lowest BCUT2D eigenvalue weighted by atomic mass is 10.0. The van der Waals surface area contributed by atoms with Crippen molar-refractivity contribution in [2.24, 2.45) is 5.92 Å². The summed E-state index contributed by atoms with van der Waals surface area (Å²) >= 11 is 0. The Morgan fingerprint density at radius 1 is 1.45 bits per heavy atom. The summed E-state index contributed by atoms with van der Waals surface area (Å²) in [6, 6.07) is 0. The molecule has 0 radical (unpaired) electrons. The minimum atomic E-state index is -3.02. The summed E-state index contributed by atoms with van der Waals surface area (Å²) in [7, 11) is 0. The van der Waals surface area contributed by atoms with Crippen LogP contribution in [0.1, 0.15) is 26.7 Å². The minimum absolute atomic E-state index is 0.0971. The van der Waals surface area contributed by atoms with Crippen molar-refractivity contribution in [3.63, 3.8) is 0 Å². The average Bonchev–Trinajstić information content (AvgIpc) is 1.86. The molecule has 0 aromatic rings. The lowest BCUT2D eigenvalue weighted by molar-refractivity contribution is -0.203. The maximum absolute atomic E-state index is 12.5. The normalized spacial score (nSPS) is 15.0. The molecule has 0 saturated carbocycles. The number of alkyl halides is 2. The Balaban J connectivity index is 3.70. The van der Waals surface area contributed by atoms with Gasteiger partial charge in [-0.1, -0.05) is 20.3 Å². The van der Waals surface area contributed by atoms with Gasteiger partial charge in [0.15, 0.2) is 6.61 Å². The quantitative estimate of drug-likeness (QED) is 0.616. The second kappa shape index (κ2) is 4.59. The van der Waals surface area contributed by atoms with Crippen molar-refractivity contribution in [2.45, 2.75) is 32.6 Å². The Kier molecular flexibility index (Phi) is 4.49. The van der Waals surface area contributed by atoms with Crippen molar-refractivity contribution < 1.29 is 18.2 Å². The molecule has 0 aromatic carbocycles. The lowest BCUT2D eigenvalue weighted by Crippen LogP contribution is -2.24. The van der Waals surface area contributed by atoms with Crippen molar-refractivity contribution in [1.82, 2.24) is 0 Å². The second-order valence-electron chi connectivity index (χ2n) is 2.83.